The third kappa shape index (κ3) is 5.08. The molecule has 1 aliphatic heterocycles. The molecule has 0 atom stereocenters. The SMILES string of the molecule is CCc1nn(-c2c(Cl)cccc2Cl)c(=O)c2cnc(Nc3ccc(CN4CCN(C)CC4)cc3)nc12. The first-order chi connectivity index (χ1) is 17.4. The van der Waals surface area contributed by atoms with E-state index in [9.17, 15) is 4.79 Å². The third-order valence-corrected chi connectivity index (χ3v) is 7.01. The molecule has 1 aliphatic rings. The lowest BCUT2D eigenvalue weighted by atomic mass is 10.2. The average Bonchev–Trinajstić information content (AvgIpc) is 2.88. The smallest absolute Gasteiger partial charge is 0.282 e. The zero-order valence-electron chi connectivity index (χ0n) is 20.2. The maximum absolute atomic E-state index is 13.3. The van der Waals surface area contributed by atoms with Gasteiger partial charge >= 0.3 is 0 Å². The zero-order chi connectivity index (χ0) is 25.2. The summed E-state index contributed by atoms with van der Waals surface area (Å²) < 4.78 is 1.24. The van der Waals surface area contributed by atoms with Gasteiger partial charge in [-0.25, -0.2) is 9.97 Å². The Kier molecular flexibility index (Phi) is 7.20. The van der Waals surface area contributed by atoms with E-state index in [2.05, 4.69) is 49.4 Å². The van der Waals surface area contributed by atoms with Gasteiger partial charge in [0.15, 0.2) is 0 Å². The zero-order valence-corrected chi connectivity index (χ0v) is 21.7. The van der Waals surface area contributed by atoms with Crippen molar-refractivity contribution in [1.29, 1.82) is 0 Å². The van der Waals surface area contributed by atoms with Gasteiger partial charge in [-0.1, -0.05) is 48.3 Å². The van der Waals surface area contributed by atoms with Gasteiger partial charge in [-0.2, -0.15) is 9.78 Å². The third-order valence-electron chi connectivity index (χ3n) is 6.40. The van der Waals surface area contributed by atoms with E-state index >= 15 is 0 Å². The number of anilines is 2. The van der Waals surface area contributed by atoms with Crippen LogP contribution in [0.15, 0.2) is 53.5 Å². The Morgan fingerprint density at radius 3 is 2.36 bits per heavy atom. The topological polar surface area (TPSA) is 79.2 Å². The van der Waals surface area contributed by atoms with Gasteiger partial charge < -0.3 is 10.2 Å². The Labute approximate surface area is 219 Å². The second-order valence-corrected chi connectivity index (χ2v) is 9.76. The Bertz CT molecular complexity index is 1430. The highest BCUT2D eigenvalue weighted by molar-refractivity contribution is 6.37. The predicted octanol–water partition coefficient (Wildman–Crippen LogP) is 4.54. The highest BCUT2D eigenvalue weighted by Crippen LogP contribution is 2.27. The van der Waals surface area contributed by atoms with Crippen LogP contribution in [0.5, 0.6) is 0 Å². The molecule has 1 N–H and O–H groups in total. The lowest BCUT2D eigenvalue weighted by Crippen LogP contribution is -2.43. The van der Waals surface area contributed by atoms with E-state index in [0.29, 0.717) is 44.7 Å². The molecule has 5 rings (SSSR count). The van der Waals surface area contributed by atoms with Crippen LogP contribution in [0.3, 0.4) is 0 Å². The molecule has 10 heteroatoms. The van der Waals surface area contributed by atoms with E-state index in [1.165, 1.54) is 16.4 Å². The number of hydrogen-bond acceptors (Lipinski definition) is 7. The average molecular weight is 524 g/mol. The fourth-order valence-corrected chi connectivity index (χ4v) is 4.87. The molecular formula is C26H27Cl2N7O. The molecule has 0 amide bonds. The highest BCUT2D eigenvalue weighted by atomic mass is 35.5. The molecule has 8 nitrogen and oxygen atoms in total. The number of piperazine rings is 1. The van der Waals surface area contributed by atoms with Gasteiger partial charge in [-0.05, 0) is 43.3 Å². The van der Waals surface area contributed by atoms with Gasteiger partial charge in [-0.3, -0.25) is 9.69 Å². The summed E-state index contributed by atoms with van der Waals surface area (Å²) in [5, 5.41) is 8.82. The van der Waals surface area contributed by atoms with Crippen LogP contribution in [-0.2, 0) is 13.0 Å². The Morgan fingerprint density at radius 2 is 1.69 bits per heavy atom. The van der Waals surface area contributed by atoms with Crippen molar-refractivity contribution in [2.45, 2.75) is 19.9 Å². The molecule has 3 heterocycles. The quantitative estimate of drug-likeness (QED) is 0.397. The van der Waals surface area contributed by atoms with E-state index in [0.717, 1.165) is 38.4 Å². The first kappa shape index (κ1) is 24.6. The van der Waals surface area contributed by atoms with E-state index < -0.39 is 0 Å². The summed E-state index contributed by atoms with van der Waals surface area (Å²) in [6.45, 7) is 7.26. The van der Waals surface area contributed by atoms with E-state index in [1.54, 1.807) is 18.2 Å². The number of hydrogen-bond donors (Lipinski definition) is 1. The summed E-state index contributed by atoms with van der Waals surface area (Å²) in [6, 6.07) is 13.4. The van der Waals surface area contributed by atoms with Crippen LogP contribution in [0.1, 0.15) is 18.2 Å². The highest BCUT2D eigenvalue weighted by Gasteiger charge is 2.18. The van der Waals surface area contributed by atoms with Crippen molar-refractivity contribution >= 4 is 45.7 Å². The van der Waals surface area contributed by atoms with Crippen molar-refractivity contribution < 1.29 is 0 Å². The number of aromatic nitrogens is 4. The standard InChI is InChI=1S/C26H27Cl2N7O/c1-3-22-23-19(25(36)35(32-22)24-20(27)5-4-6-21(24)28)15-29-26(31-23)30-18-9-7-17(8-10-18)16-34-13-11-33(2)12-14-34/h4-10,15H,3,11-14,16H2,1-2H3,(H,29,30,31). The molecule has 4 aromatic rings. The van der Waals surface area contributed by atoms with Crippen LogP contribution in [0, 0.1) is 0 Å². The first-order valence-corrected chi connectivity index (χ1v) is 12.7. The largest absolute Gasteiger partial charge is 0.324 e. The van der Waals surface area contributed by atoms with Crippen molar-refractivity contribution in [2.24, 2.45) is 0 Å². The molecule has 2 aromatic carbocycles. The van der Waals surface area contributed by atoms with Crippen LogP contribution < -0.4 is 10.9 Å². The molecule has 186 valence electrons. The molecule has 36 heavy (non-hydrogen) atoms. The molecule has 2 aromatic heterocycles. The minimum Gasteiger partial charge on any atom is -0.324 e. The van der Waals surface area contributed by atoms with Crippen LogP contribution in [-0.4, -0.2) is 62.8 Å². The number of fused-ring (bicyclic) bond motifs is 1. The monoisotopic (exact) mass is 523 g/mol. The number of halogens is 2. The molecule has 0 radical (unpaired) electrons. The molecule has 0 unspecified atom stereocenters. The normalized spacial score (nSPS) is 14.9. The number of nitrogens with one attached hydrogen (secondary N) is 1. The van der Waals surface area contributed by atoms with Crippen molar-refractivity contribution in [2.75, 3.05) is 38.5 Å². The van der Waals surface area contributed by atoms with Crippen LogP contribution in [0.25, 0.3) is 16.6 Å². The van der Waals surface area contributed by atoms with Crippen LogP contribution in [0.4, 0.5) is 11.6 Å². The number of aryl methyl sites for hydroxylation is 1. The summed E-state index contributed by atoms with van der Waals surface area (Å²) in [7, 11) is 2.16. The van der Waals surface area contributed by atoms with E-state index in [1.807, 2.05) is 19.1 Å². The Morgan fingerprint density at radius 1 is 1.00 bits per heavy atom. The maximum atomic E-state index is 13.3. The number of rotatable bonds is 6. The van der Waals surface area contributed by atoms with Gasteiger partial charge in [0.2, 0.25) is 5.95 Å². The number of nitrogens with zero attached hydrogens (tertiary/aromatic N) is 6. The van der Waals surface area contributed by atoms with E-state index in [4.69, 9.17) is 23.2 Å². The molecule has 0 aliphatic carbocycles. The molecule has 1 fully saturated rings. The predicted molar refractivity (Wildman–Crippen MR) is 145 cm³/mol. The fourth-order valence-electron chi connectivity index (χ4n) is 4.31. The number of benzene rings is 2. The van der Waals surface area contributed by atoms with Crippen molar-refractivity contribution in [3.8, 4) is 5.69 Å². The van der Waals surface area contributed by atoms with Gasteiger partial charge in [0, 0.05) is 44.6 Å². The lowest BCUT2D eigenvalue weighted by molar-refractivity contribution is 0.148. The van der Waals surface area contributed by atoms with Gasteiger partial charge in [0.05, 0.1) is 21.1 Å². The van der Waals surface area contributed by atoms with Crippen molar-refractivity contribution in [3.05, 3.63) is 80.3 Å². The Balaban J connectivity index is 1.40. The number of para-hydroxylation sites is 1. The molecule has 1 saturated heterocycles. The lowest BCUT2D eigenvalue weighted by Gasteiger charge is -2.32. The molecular weight excluding hydrogens is 497 g/mol. The maximum Gasteiger partial charge on any atom is 0.282 e. The summed E-state index contributed by atoms with van der Waals surface area (Å²) in [6.07, 6.45) is 2.09. The first-order valence-electron chi connectivity index (χ1n) is 11.9. The van der Waals surface area contributed by atoms with Gasteiger partial charge in [-0.15, -0.1) is 0 Å². The second-order valence-electron chi connectivity index (χ2n) is 8.94. The summed E-state index contributed by atoms with van der Waals surface area (Å²) >= 11 is 12.7. The summed E-state index contributed by atoms with van der Waals surface area (Å²) in [4.78, 5) is 27.1. The van der Waals surface area contributed by atoms with Crippen molar-refractivity contribution in [1.82, 2.24) is 29.5 Å². The number of likely N-dealkylation sites (N-methyl/N-ethyl adjacent to an activating group) is 1. The van der Waals surface area contributed by atoms with Gasteiger partial charge in [0.1, 0.15) is 11.2 Å². The van der Waals surface area contributed by atoms with Crippen molar-refractivity contribution in [3.63, 3.8) is 0 Å². The molecule has 0 saturated carbocycles. The second kappa shape index (κ2) is 10.5. The Hall–Kier alpha value is -3.04. The minimum absolute atomic E-state index is 0.341. The summed E-state index contributed by atoms with van der Waals surface area (Å²) in [5.74, 6) is 0.402. The fraction of sp³-hybridized carbons (Fsp3) is 0.308. The van der Waals surface area contributed by atoms with E-state index in [-0.39, 0.29) is 5.56 Å². The van der Waals surface area contributed by atoms with Gasteiger partial charge in [0.25, 0.3) is 5.56 Å². The van der Waals surface area contributed by atoms with Crippen LogP contribution >= 0.6 is 23.2 Å². The van der Waals surface area contributed by atoms with Crippen LogP contribution in [0.2, 0.25) is 10.0 Å². The minimum atomic E-state index is -0.378. The molecule has 0 bridgehead atoms. The molecule has 0 spiro atoms. The summed E-state index contributed by atoms with van der Waals surface area (Å²) in [5.41, 5.74) is 3.26.